The van der Waals surface area contributed by atoms with Gasteiger partial charge in [-0.2, -0.15) is 0 Å². The van der Waals surface area contributed by atoms with E-state index < -0.39 is 15.9 Å². The number of hydrogen-bond acceptors (Lipinski definition) is 7. The van der Waals surface area contributed by atoms with Gasteiger partial charge in [0.1, 0.15) is 15.8 Å². The second-order valence-electron chi connectivity index (χ2n) is 7.14. The van der Waals surface area contributed by atoms with Crippen molar-refractivity contribution in [2.75, 3.05) is 27.4 Å². The average molecular weight is 576 g/mol. The number of amides is 2. The second kappa shape index (κ2) is 12.3. The number of alkyl halides is 3. The van der Waals surface area contributed by atoms with Gasteiger partial charge in [0.25, 0.3) is 11.8 Å². The molecule has 0 unspecified atom stereocenters. The number of nitrogens with zero attached hydrogens (tertiary/aromatic N) is 1. The Balaban J connectivity index is 1.69. The molecule has 1 saturated heterocycles. The highest BCUT2D eigenvalue weighted by atomic mass is 35.6. The van der Waals surface area contributed by atoms with Crippen molar-refractivity contribution in [1.29, 1.82) is 0 Å². The van der Waals surface area contributed by atoms with Crippen LogP contribution in [0.5, 0.6) is 11.5 Å². The number of ether oxygens (including phenoxy) is 3. The van der Waals surface area contributed by atoms with Crippen molar-refractivity contribution < 1.29 is 23.8 Å². The number of carbonyl (C=O) groups excluding carboxylic acids is 2. The lowest BCUT2D eigenvalue weighted by Crippen LogP contribution is -2.47. The lowest BCUT2D eigenvalue weighted by molar-refractivity contribution is -0.122. The molecule has 1 N–H and O–H groups in total. The van der Waals surface area contributed by atoms with Crippen molar-refractivity contribution in [3.8, 4) is 11.5 Å². The van der Waals surface area contributed by atoms with Gasteiger partial charge in [-0.25, -0.2) is 0 Å². The fraction of sp³-hybridized carbons (Fsp3) is 0.261. The van der Waals surface area contributed by atoms with Gasteiger partial charge in [-0.1, -0.05) is 70.9 Å². The molecule has 1 heterocycles. The summed E-state index contributed by atoms with van der Waals surface area (Å²) in [6.45, 7) is 0.789. The monoisotopic (exact) mass is 574 g/mol. The van der Waals surface area contributed by atoms with Crippen molar-refractivity contribution >= 4 is 81.0 Å². The fourth-order valence-corrected chi connectivity index (χ4v) is 4.53. The fourth-order valence-electron chi connectivity index (χ4n) is 2.93. The molecular weight excluding hydrogens is 555 g/mol. The molecule has 0 radical (unpaired) electrons. The zero-order valence-corrected chi connectivity index (χ0v) is 22.5. The van der Waals surface area contributed by atoms with Crippen molar-refractivity contribution in [3.05, 3.63) is 64.6 Å². The first kappa shape index (κ1) is 27.6. The van der Waals surface area contributed by atoms with Crippen LogP contribution in [-0.4, -0.2) is 58.4 Å². The van der Waals surface area contributed by atoms with E-state index in [-0.39, 0.29) is 5.91 Å². The first-order valence-electron chi connectivity index (χ1n) is 10.1. The Kier molecular flexibility index (Phi) is 9.69. The third-order valence-electron chi connectivity index (χ3n) is 4.74. The highest BCUT2D eigenvalue weighted by Gasteiger charge is 2.36. The Bertz CT molecular complexity index is 1110. The van der Waals surface area contributed by atoms with Gasteiger partial charge in [-0.15, -0.1) is 0 Å². The summed E-state index contributed by atoms with van der Waals surface area (Å²) in [5.74, 6) is 0.292. The molecule has 0 aliphatic carbocycles. The van der Waals surface area contributed by atoms with Crippen LogP contribution in [0.15, 0.2) is 53.4 Å². The van der Waals surface area contributed by atoms with Gasteiger partial charge in [0.05, 0.1) is 25.2 Å². The number of halogens is 3. The summed E-state index contributed by atoms with van der Waals surface area (Å²) >= 11 is 24.7. The van der Waals surface area contributed by atoms with Gasteiger partial charge >= 0.3 is 0 Å². The van der Waals surface area contributed by atoms with E-state index in [2.05, 4.69) is 5.32 Å². The van der Waals surface area contributed by atoms with Crippen LogP contribution in [-0.2, 0) is 9.53 Å². The molecular formula is C23H21Cl3N2O5S2. The lowest BCUT2D eigenvalue weighted by Gasteiger charge is -2.26. The van der Waals surface area contributed by atoms with Gasteiger partial charge in [0.15, 0.2) is 0 Å². The second-order valence-corrected chi connectivity index (χ2v) is 11.2. The van der Waals surface area contributed by atoms with Gasteiger partial charge in [-0.05, 0) is 48.0 Å². The van der Waals surface area contributed by atoms with Gasteiger partial charge in [0.2, 0.25) is 10.0 Å². The minimum absolute atomic E-state index is 0.171. The number of rotatable bonds is 9. The van der Waals surface area contributed by atoms with Crippen molar-refractivity contribution in [2.45, 2.75) is 10.0 Å². The molecule has 7 nitrogen and oxygen atoms in total. The Morgan fingerprint density at radius 2 is 1.74 bits per heavy atom. The molecule has 35 heavy (non-hydrogen) atoms. The number of nitrogens with one attached hydrogen (secondary N) is 1. The van der Waals surface area contributed by atoms with Crippen LogP contribution < -0.4 is 14.8 Å². The minimum atomic E-state index is -1.95. The summed E-state index contributed by atoms with van der Waals surface area (Å²) in [7, 11) is 3.09. The van der Waals surface area contributed by atoms with Gasteiger partial charge in [-0.3, -0.25) is 14.5 Å². The number of thiocarbonyl (C=S) groups is 1. The number of benzene rings is 2. The summed E-state index contributed by atoms with van der Waals surface area (Å²) in [5, 5.41) is 2.58. The zero-order chi connectivity index (χ0) is 25.6. The van der Waals surface area contributed by atoms with E-state index in [0.29, 0.717) is 39.4 Å². The average Bonchev–Trinajstić information content (AvgIpc) is 3.09. The van der Waals surface area contributed by atoms with Crippen molar-refractivity contribution in [3.63, 3.8) is 0 Å². The molecule has 1 aliphatic rings. The first-order valence-corrected chi connectivity index (χ1v) is 12.5. The Labute approximate surface area is 227 Å². The molecule has 2 amide bonds. The molecule has 0 saturated carbocycles. The zero-order valence-electron chi connectivity index (χ0n) is 18.6. The predicted molar refractivity (Wildman–Crippen MR) is 143 cm³/mol. The molecule has 2 aromatic carbocycles. The summed E-state index contributed by atoms with van der Waals surface area (Å²) < 4.78 is 14.4. The molecule has 186 valence electrons. The summed E-state index contributed by atoms with van der Waals surface area (Å²) in [5.41, 5.74) is 1.09. The third-order valence-corrected chi connectivity index (χ3v) is 6.71. The Morgan fingerprint density at radius 3 is 2.31 bits per heavy atom. The smallest absolute Gasteiger partial charge is 0.266 e. The van der Waals surface area contributed by atoms with Crippen LogP contribution in [0, 0.1) is 0 Å². The number of hydrogen-bond donors (Lipinski definition) is 1. The van der Waals surface area contributed by atoms with E-state index >= 15 is 0 Å². The van der Waals surface area contributed by atoms with E-state index in [1.807, 2.05) is 0 Å². The summed E-state index contributed by atoms with van der Waals surface area (Å²) in [6.07, 6.45) is 0.457. The van der Waals surface area contributed by atoms with E-state index in [4.69, 9.17) is 61.2 Å². The molecule has 0 aromatic heterocycles. The van der Waals surface area contributed by atoms with Crippen LogP contribution in [0.3, 0.4) is 0 Å². The summed E-state index contributed by atoms with van der Waals surface area (Å²) in [4.78, 5) is 27.2. The maximum absolute atomic E-state index is 12.6. The van der Waals surface area contributed by atoms with Gasteiger partial charge in [0, 0.05) is 12.7 Å². The SMILES string of the molecule is COCCN1C(=O)/C(=C/c2ccc(O[C@H](NC(=O)c3ccc(OC)cc3)C(Cl)(Cl)Cl)cc2)SC1=S. The van der Waals surface area contributed by atoms with Crippen molar-refractivity contribution in [2.24, 2.45) is 0 Å². The Morgan fingerprint density at radius 1 is 1.11 bits per heavy atom. The maximum atomic E-state index is 12.6. The van der Waals surface area contributed by atoms with E-state index in [0.717, 1.165) is 5.56 Å². The van der Waals surface area contributed by atoms with Gasteiger partial charge < -0.3 is 19.5 Å². The summed E-state index contributed by atoms with van der Waals surface area (Å²) in [6, 6.07) is 13.2. The molecule has 1 fully saturated rings. The number of methoxy groups -OCH3 is 2. The Hall–Kier alpha value is -2.01. The number of carbonyl (C=O) groups is 2. The van der Waals surface area contributed by atoms with E-state index in [1.54, 1.807) is 61.7 Å². The van der Waals surface area contributed by atoms with Crippen LogP contribution in [0.25, 0.3) is 6.08 Å². The van der Waals surface area contributed by atoms with E-state index in [9.17, 15) is 9.59 Å². The lowest BCUT2D eigenvalue weighted by atomic mass is 10.2. The molecule has 2 aromatic rings. The van der Waals surface area contributed by atoms with Crippen LogP contribution >= 0.6 is 58.8 Å². The molecule has 1 aliphatic heterocycles. The normalized spacial score (nSPS) is 15.9. The minimum Gasteiger partial charge on any atom is -0.497 e. The van der Waals surface area contributed by atoms with Crippen molar-refractivity contribution in [1.82, 2.24) is 10.2 Å². The molecule has 0 bridgehead atoms. The highest BCUT2D eigenvalue weighted by Crippen LogP contribution is 2.34. The predicted octanol–water partition coefficient (Wildman–Crippen LogP) is 5.05. The van der Waals surface area contributed by atoms with E-state index in [1.165, 1.54) is 23.8 Å². The quantitative estimate of drug-likeness (QED) is 0.194. The topological polar surface area (TPSA) is 77.1 Å². The molecule has 12 heteroatoms. The number of thioether (sulfide) groups is 1. The van der Waals surface area contributed by atoms with Crippen LogP contribution in [0.2, 0.25) is 0 Å². The first-order chi connectivity index (χ1) is 16.6. The maximum Gasteiger partial charge on any atom is 0.266 e. The molecule has 0 spiro atoms. The van der Waals surface area contributed by atoms with Crippen LogP contribution in [0.1, 0.15) is 15.9 Å². The third kappa shape index (κ3) is 7.49. The molecule has 1 atom stereocenters. The highest BCUT2D eigenvalue weighted by molar-refractivity contribution is 8.26. The standard InChI is InChI=1S/C23H21Cl3N2O5S2/c1-31-12-11-28-20(30)18(35-22(28)34)13-14-3-7-17(8-4-14)33-21(23(24,25)26)27-19(29)15-5-9-16(32-2)10-6-15/h3-10,13,21H,11-12H2,1-2H3,(H,27,29)/b18-13-/t21-/m0/s1. The molecule has 3 rings (SSSR count). The van der Waals surface area contributed by atoms with Crippen LogP contribution in [0.4, 0.5) is 0 Å². The largest absolute Gasteiger partial charge is 0.497 e.